The number of nitrogens with zero attached hydrogens (tertiary/aromatic N) is 3. The molecule has 0 N–H and O–H groups in total. The van der Waals surface area contributed by atoms with Gasteiger partial charge in [-0.2, -0.15) is 5.26 Å². The summed E-state index contributed by atoms with van der Waals surface area (Å²) in [5.74, 6) is 1.42. The van der Waals surface area contributed by atoms with Gasteiger partial charge in [0.15, 0.2) is 5.75 Å². The first-order valence-corrected chi connectivity index (χ1v) is 6.12. The predicted octanol–water partition coefficient (Wildman–Crippen LogP) is 3.54. The second-order valence-electron chi connectivity index (χ2n) is 4.18. The molecule has 3 aromatic rings. The highest BCUT2D eigenvalue weighted by atomic mass is 16.5. The normalized spacial score (nSPS) is 9.95. The third kappa shape index (κ3) is 2.38. The lowest BCUT2D eigenvalue weighted by molar-refractivity contribution is 0.480. The standard InChI is InChI=1S/C16H11N3O/c17-11-13-6-7-16(20-14-4-2-1-3-5-14)15(10-13)19-9-8-18-12-19/h1-10,12H. The molecule has 0 atom stereocenters. The van der Waals surface area contributed by atoms with Gasteiger partial charge in [0.2, 0.25) is 0 Å². The molecule has 1 heterocycles. The highest BCUT2D eigenvalue weighted by molar-refractivity contribution is 5.53. The van der Waals surface area contributed by atoms with Crippen molar-refractivity contribution in [2.45, 2.75) is 0 Å². The maximum Gasteiger partial charge on any atom is 0.151 e. The van der Waals surface area contributed by atoms with Crippen LogP contribution in [0.1, 0.15) is 5.56 Å². The van der Waals surface area contributed by atoms with Crippen molar-refractivity contribution in [3.63, 3.8) is 0 Å². The van der Waals surface area contributed by atoms with E-state index in [2.05, 4.69) is 11.1 Å². The molecule has 0 spiro atoms. The minimum absolute atomic E-state index is 0.578. The summed E-state index contributed by atoms with van der Waals surface area (Å²) in [4.78, 5) is 4.03. The Morgan fingerprint density at radius 3 is 2.65 bits per heavy atom. The highest BCUT2D eigenvalue weighted by Gasteiger charge is 2.08. The number of para-hydroxylation sites is 1. The fourth-order valence-corrected chi connectivity index (χ4v) is 1.89. The van der Waals surface area contributed by atoms with E-state index in [1.54, 1.807) is 30.7 Å². The zero-order valence-corrected chi connectivity index (χ0v) is 10.6. The van der Waals surface area contributed by atoms with Crippen molar-refractivity contribution in [1.82, 2.24) is 9.55 Å². The molecular weight excluding hydrogens is 250 g/mol. The fraction of sp³-hybridized carbons (Fsp3) is 0. The van der Waals surface area contributed by atoms with Gasteiger partial charge < -0.3 is 9.30 Å². The zero-order valence-electron chi connectivity index (χ0n) is 10.6. The molecule has 0 saturated heterocycles. The maximum atomic E-state index is 9.02. The van der Waals surface area contributed by atoms with Crippen molar-refractivity contribution in [1.29, 1.82) is 5.26 Å². The van der Waals surface area contributed by atoms with Crippen molar-refractivity contribution >= 4 is 0 Å². The quantitative estimate of drug-likeness (QED) is 0.724. The SMILES string of the molecule is N#Cc1ccc(Oc2ccccc2)c(-n2ccnc2)c1. The Morgan fingerprint density at radius 1 is 1.10 bits per heavy atom. The molecule has 0 fully saturated rings. The molecule has 4 nitrogen and oxygen atoms in total. The van der Waals surface area contributed by atoms with Crippen LogP contribution >= 0.6 is 0 Å². The van der Waals surface area contributed by atoms with Crippen LogP contribution in [0.2, 0.25) is 0 Å². The number of imidazole rings is 1. The number of rotatable bonds is 3. The lowest BCUT2D eigenvalue weighted by Gasteiger charge is -2.12. The Kier molecular flexibility index (Phi) is 3.17. The van der Waals surface area contributed by atoms with Gasteiger partial charge in [0.25, 0.3) is 0 Å². The number of benzene rings is 2. The summed E-state index contributed by atoms with van der Waals surface area (Å²) in [6.07, 6.45) is 5.17. The minimum Gasteiger partial charge on any atom is -0.455 e. The number of hydrogen-bond acceptors (Lipinski definition) is 3. The molecule has 0 bridgehead atoms. The molecule has 20 heavy (non-hydrogen) atoms. The zero-order chi connectivity index (χ0) is 13.8. The molecule has 4 heteroatoms. The van der Waals surface area contributed by atoms with Gasteiger partial charge >= 0.3 is 0 Å². The number of ether oxygens (including phenoxy) is 1. The maximum absolute atomic E-state index is 9.02. The molecule has 0 unspecified atom stereocenters. The van der Waals surface area contributed by atoms with Crippen LogP contribution in [0.4, 0.5) is 0 Å². The van der Waals surface area contributed by atoms with Crippen LogP contribution < -0.4 is 4.74 Å². The molecule has 0 aliphatic heterocycles. The topological polar surface area (TPSA) is 50.8 Å². The first-order valence-electron chi connectivity index (χ1n) is 6.12. The van der Waals surface area contributed by atoms with Crippen molar-refractivity contribution < 1.29 is 4.74 Å². The second kappa shape index (κ2) is 5.29. The van der Waals surface area contributed by atoms with E-state index in [0.717, 1.165) is 11.4 Å². The fourth-order valence-electron chi connectivity index (χ4n) is 1.89. The lowest BCUT2D eigenvalue weighted by Crippen LogP contribution is -1.96. The molecule has 0 aliphatic carbocycles. The van der Waals surface area contributed by atoms with E-state index in [0.29, 0.717) is 11.3 Å². The Labute approximate surface area is 116 Å². The molecule has 3 rings (SSSR count). The third-order valence-corrected chi connectivity index (χ3v) is 2.84. The van der Waals surface area contributed by atoms with Crippen LogP contribution in [0.3, 0.4) is 0 Å². The van der Waals surface area contributed by atoms with E-state index in [1.165, 1.54) is 0 Å². The molecular formula is C16H11N3O. The van der Waals surface area contributed by atoms with Crippen LogP contribution in [-0.4, -0.2) is 9.55 Å². The van der Waals surface area contributed by atoms with E-state index in [-0.39, 0.29) is 0 Å². The van der Waals surface area contributed by atoms with Gasteiger partial charge in [0, 0.05) is 12.4 Å². The van der Waals surface area contributed by atoms with Gasteiger partial charge in [-0.25, -0.2) is 4.98 Å². The van der Waals surface area contributed by atoms with Crippen molar-refractivity contribution in [2.75, 3.05) is 0 Å². The second-order valence-corrected chi connectivity index (χ2v) is 4.18. The predicted molar refractivity (Wildman–Crippen MR) is 74.8 cm³/mol. The van der Waals surface area contributed by atoms with Crippen molar-refractivity contribution in [3.8, 4) is 23.3 Å². The van der Waals surface area contributed by atoms with Gasteiger partial charge in [0.1, 0.15) is 5.75 Å². The average Bonchev–Trinajstić information content (AvgIpc) is 3.03. The van der Waals surface area contributed by atoms with Gasteiger partial charge in [-0.15, -0.1) is 0 Å². The first kappa shape index (κ1) is 12.0. The lowest BCUT2D eigenvalue weighted by atomic mass is 10.2. The van der Waals surface area contributed by atoms with Gasteiger partial charge in [-0.3, -0.25) is 0 Å². The van der Waals surface area contributed by atoms with Gasteiger partial charge in [-0.1, -0.05) is 18.2 Å². The summed E-state index contributed by atoms with van der Waals surface area (Å²) in [5.41, 5.74) is 1.36. The molecule has 2 aromatic carbocycles. The Balaban J connectivity index is 2.04. The summed E-state index contributed by atoms with van der Waals surface area (Å²) in [6, 6.07) is 17.0. The largest absolute Gasteiger partial charge is 0.455 e. The number of aromatic nitrogens is 2. The Bertz CT molecular complexity index is 743. The molecule has 0 amide bonds. The minimum atomic E-state index is 0.578. The van der Waals surface area contributed by atoms with Crippen molar-refractivity contribution in [3.05, 3.63) is 72.8 Å². The average molecular weight is 261 g/mol. The van der Waals surface area contributed by atoms with Crippen LogP contribution in [0.25, 0.3) is 5.69 Å². The Hall–Kier alpha value is -3.06. The molecule has 96 valence electrons. The van der Waals surface area contributed by atoms with Gasteiger partial charge in [-0.05, 0) is 30.3 Å². The first-order chi connectivity index (χ1) is 9.86. The summed E-state index contributed by atoms with van der Waals surface area (Å²) >= 11 is 0. The highest BCUT2D eigenvalue weighted by Crippen LogP contribution is 2.28. The van der Waals surface area contributed by atoms with E-state index in [1.807, 2.05) is 41.1 Å². The van der Waals surface area contributed by atoms with Gasteiger partial charge in [0.05, 0.1) is 23.6 Å². The molecule has 1 aromatic heterocycles. The summed E-state index contributed by atoms with van der Waals surface area (Å²) in [5, 5.41) is 9.02. The summed E-state index contributed by atoms with van der Waals surface area (Å²) in [7, 11) is 0. The monoisotopic (exact) mass is 261 g/mol. The van der Waals surface area contributed by atoms with E-state index in [4.69, 9.17) is 10.00 Å². The van der Waals surface area contributed by atoms with Crippen molar-refractivity contribution in [2.24, 2.45) is 0 Å². The Morgan fingerprint density at radius 2 is 1.95 bits per heavy atom. The van der Waals surface area contributed by atoms with Crippen LogP contribution in [0.15, 0.2) is 67.3 Å². The number of hydrogen-bond donors (Lipinski definition) is 0. The van der Waals surface area contributed by atoms with Crippen LogP contribution in [0.5, 0.6) is 11.5 Å². The third-order valence-electron chi connectivity index (χ3n) is 2.84. The van der Waals surface area contributed by atoms with E-state index >= 15 is 0 Å². The van der Waals surface area contributed by atoms with Crippen LogP contribution in [-0.2, 0) is 0 Å². The molecule has 0 radical (unpaired) electrons. The number of nitriles is 1. The molecule has 0 saturated carbocycles. The molecule has 0 aliphatic rings. The smallest absolute Gasteiger partial charge is 0.151 e. The van der Waals surface area contributed by atoms with E-state index in [9.17, 15) is 0 Å². The van der Waals surface area contributed by atoms with E-state index < -0.39 is 0 Å². The van der Waals surface area contributed by atoms with Crippen LogP contribution in [0, 0.1) is 11.3 Å². The summed E-state index contributed by atoms with van der Waals surface area (Å²) < 4.78 is 7.69. The summed E-state index contributed by atoms with van der Waals surface area (Å²) in [6.45, 7) is 0.